The topological polar surface area (TPSA) is 114 Å². The smallest absolute Gasteiger partial charge is 0.333 e. The molecule has 0 fully saturated rings. The van der Waals surface area contributed by atoms with Crippen molar-refractivity contribution in [2.75, 3.05) is 5.84 Å². The molecule has 8 heteroatoms. The molecule has 8 nitrogen and oxygen atoms in total. The molecule has 0 unspecified atom stereocenters. The van der Waals surface area contributed by atoms with Gasteiger partial charge in [-0.15, -0.1) is 0 Å². The number of nitrogens with zero attached hydrogens (tertiary/aromatic N) is 3. The highest BCUT2D eigenvalue weighted by atomic mass is 16.2. The van der Waals surface area contributed by atoms with Crippen LogP contribution >= 0.6 is 0 Å². The molecule has 4 rings (SSSR count). The van der Waals surface area contributed by atoms with Crippen LogP contribution in [0.1, 0.15) is 13.8 Å². The summed E-state index contributed by atoms with van der Waals surface area (Å²) in [6, 6.07) is 11.1. The van der Waals surface area contributed by atoms with Gasteiger partial charge in [0.25, 0.3) is 0 Å². The van der Waals surface area contributed by atoms with E-state index in [-0.39, 0.29) is 11.4 Å². The Morgan fingerprint density at radius 1 is 0.958 bits per heavy atom. The van der Waals surface area contributed by atoms with Crippen LogP contribution in [0, 0.1) is 0 Å². The molecule has 0 atom stereocenters. The summed E-state index contributed by atoms with van der Waals surface area (Å²) in [6.07, 6.45) is 1.58. The number of rotatable bonds is 0. The molecule has 0 spiro atoms. The number of H-pyrrole nitrogens is 2. The zero-order chi connectivity index (χ0) is 17.7. The molecule has 0 saturated carbocycles. The molecule has 1 aromatic carbocycles. The van der Waals surface area contributed by atoms with Gasteiger partial charge in [0.15, 0.2) is 5.65 Å². The Morgan fingerprint density at radius 2 is 1.58 bits per heavy atom. The summed E-state index contributed by atoms with van der Waals surface area (Å²) < 4.78 is 2.57. The number of hydrogen-bond acceptors (Lipinski definition) is 4. The standard InChI is InChI=1S/C8H8N2O.C6H6N4O.C2H6/c1-10-7-5-3-2-4-6(7)9-8(10)11;7-10-5-4(9-6(10)11)2-1-3-8-5;1-2/h2-5H,1H3,(H,9,11);1-3H,7H2,(H,9,11);1-2H3. The van der Waals surface area contributed by atoms with Gasteiger partial charge in [-0.2, -0.15) is 4.68 Å². The van der Waals surface area contributed by atoms with E-state index in [1.54, 1.807) is 29.9 Å². The van der Waals surface area contributed by atoms with Crippen LogP contribution in [0.15, 0.2) is 52.2 Å². The van der Waals surface area contributed by atoms with Gasteiger partial charge in [0, 0.05) is 13.2 Å². The highest BCUT2D eigenvalue weighted by Crippen LogP contribution is 2.06. The summed E-state index contributed by atoms with van der Waals surface area (Å²) in [4.78, 5) is 31.1. The number of nitrogen functional groups attached to an aromatic ring is 1. The predicted octanol–water partition coefficient (Wildman–Crippen LogP) is 1.33. The average molecular weight is 328 g/mol. The van der Waals surface area contributed by atoms with Crippen LogP contribution in [0.5, 0.6) is 0 Å². The number of para-hydroxylation sites is 2. The first-order valence-electron chi connectivity index (χ1n) is 7.52. The summed E-state index contributed by atoms with van der Waals surface area (Å²) in [5.74, 6) is 5.35. The highest BCUT2D eigenvalue weighted by molar-refractivity contribution is 5.74. The largest absolute Gasteiger partial charge is 0.346 e. The number of imidazole rings is 2. The fourth-order valence-electron chi connectivity index (χ4n) is 2.14. The lowest BCUT2D eigenvalue weighted by molar-refractivity contribution is 0.891. The minimum absolute atomic E-state index is 0.0637. The van der Waals surface area contributed by atoms with Crippen LogP contribution in [0.2, 0.25) is 0 Å². The van der Waals surface area contributed by atoms with Crippen molar-refractivity contribution in [2.45, 2.75) is 13.8 Å². The molecular weight excluding hydrogens is 308 g/mol. The van der Waals surface area contributed by atoms with E-state index in [9.17, 15) is 9.59 Å². The number of nitrogens with two attached hydrogens (primary N) is 1. The van der Waals surface area contributed by atoms with Crippen LogP contribution in [0.4, 0.5) is 0 Å². The van der Waals surface area contributed by atoms with E-state index in [1.807, 2.05) is 38.1 Å². The van der Waals surface area contributed by atoms with E-state index < -0.39 is 0 Å². The maximum absolute atomic E-state index is 11.0. The normalized spacial score (nSPS) is 9.96. The summed E-state index contributed by atoms with van der Waals surface area (Å²) in [5.41, 5.74) is 2.54. The van der Waals surface area contributed by atoms with E-state index in [4.69, 9.17) is 5.84 Å². The molecule has 126 valence electrons. The molecular formula is C16H20N6O2. The molecule has 3 aromatic heterocycles. The minimum atomic E-state index is -0.348. The first-order valence-corrected chi connectivity index (χ1v) is 7.52. The monoisotopic (exact) mass is 328 g/mol. The van der Waals surface area contributed by atoms with Crippen LogP contribution in [-0.2, 0) is 7.05 Å². The van der Waals surface area contributed by atoms with Crippen molar-refractivity contribution >= 4 is 22.2 Å². The van der Waals surface area contributed by atoms with Crippen molar-refractivity contribution in [3.8, 4) is 0 Å². The lowest BCUT2D eigenvalue weighted by atomic mass is 10.3. The van der Waals surface area contributed by atoms with E-state index in [0.717, 1.165) is 15.7 Å². The van der Waals surface area contributed by atoms with Gasteiger partial charge >= 0.3 is 11.4 Å². The third-order valence-electron chi connectivity index (χ3n) is 3.29. The molecule has 0 radical (unpaired) electrons. The molecule has 0 bridgehead atoms. The average Bonchev–Trinajstić information content (AvgIpc) is 3.07. The van der Waals surface area contributed by atoms with Crippen molar-refractivity contribution in [3.05, 3.63) is 63.6 Å². The molecule has 4 N–H and O–H groups in total. The van der Waals surface area contributed by atoms with Gasteiger partial charge < -0.3 is 15.8 Å². The Labute approximate surface area is 137 Å². The number of aryl methyl sites for hydroxylation is 1. The molecule has 3 heterocycles. The molecule has 0 aliphatic carbocycles. The number of hydrogen-bond donors (Lipinski definition) is 3. The van der Waals surface area contributed by atoms with E-state index in [0.29, 0.717) is 11.2 Å². The third kappa shape index (κ3) is 3.22. The maximum atomic E-state index is 11.0. The van der Waals surface area contributed by atoms with Crippen molar-refractivity contribution in [3.63, 3.8) is 0 Å². The highest BCUT2D eigenvalue weighted by Gasteiger charge is 2.01. The second kappa shape index (κ2) is 7.32. The molecule has 4 aromatic rings. The zero-order valence-electron chi connectivity index (χ0n) is 13.8. The van der Waals surface area contributed by atoms with Gasteiger partial charge in [0.1, 0.15) is 0 Å². The predicted molar refractivity (Wildman–Crippen MR) is 95.4 cm³/mol. The first kappa shape index (κ1) is 17.1. The third-order valence-corrected chi connectivity index (χ3v) is 3.29. The van der Waals surface area contributed by atoms with E-state index in [2.05, 4.69) is 15.0 Å². The van der Waals surface area contributed by atoms with Crippen LogP contribution in [-0.4, -0.2) is 24.2 Å². The first-order chi connectivity index (χ1) is 11.6. The van der Waals surface area contributed by atoms with Crippen molar-refractivity contribution in [2.24, 2.45) is 7.05 Å². The van der Waals surface area contributed by atoms with Gasteiger partial charge in [-0.1, -0.05) is 26.0 Å². The van der Waals surface area contributed by atoms with Crippen molar-refractivity contribution < 1.29 is 0 Å². The summed E-state index contributed by atoms with van der Waals surface area (Å²) >= 11 is 0. The summed E-state index contributed by atoms with van der Waals surface area (Å²) in [5, 5.41) is 0. The summed E-state index contributed by atoms with van der Waals surface area (Å²) in [6.45, 7) is 4.00. The maximum Gasteiger partial charge on any atom is 0.346 e. The summed E-state index contributed by atoms with van der Waals surface area (Å²) in [7, 11) is 1.75. The van der Waals surface area contributed by atoms with Gasteiger partial charge in [-0.25, -0.2) is 14.6 Å². The number of nitrogens with one attached hydrogen (secondary N) is 2. The Kier molecular flexibility index (Phi) is 5.20. The number of pyridine rings is 1. The second-order valence-corrected chi connectivity index (χ2v) is 4.68. The Balaban J connectivity index is 0.000000158. The Hall–Kier alpha value is -3.29. The van der Waals surface area contributed by atoms with Crippen molar-refractivity contribution in [1.82, 2.24) is 24.2 Å². The number of aromatic amines is 2. The van der Waals surface area contributed by atoms with Crippen LogP contribution in [0.3, 0.4) is 0 Å². The van der Waals surface area contributed by atoms with Gasteiger partial charge in [-0.05, 0) is 24.3 Å². The minimum Gasteiger partial charge on any atom is -0.333 e. The van der Waals surface area contributed by atoms with Crippen LogP contribution in [0.25, 0.3) is 22.2 Å². The van der Waals surface area contributed by atoms with E-state index >= 15 is 0 Å². The number of fused-ring (bicyclic) bond motifs is 2. The lowest BCUT2D eigenvalue weighted by Gasteiger charge is -1.89. The second-order valence-electron chi connectivity index (χ2n) is 4.68. The molecule has 0 aliphatic rings. The van der Waals surface area contributed by atoms with Crippen molar-refractivity contribution in [1.29, 1.82) is 0 Å². The Bertz CT molecular complexity index is 967. The number of benzene rings is 1. The quantitative estimate of drug-likeness (QED) is 0.422. The lowest BCUT2D eigenvalue weighted by Crippen LogP contribution is -2.24. The SMILES string of the molecule is CC.Cn1c(=O)[nH]c2ccccc21.Nn1c(=O)[nH]c2cccnc21. The zero-order valence-corrected chi connectivity index (χ0v) is 13.8. The van der Waals surface area contributed by atoms with Gasteiger partial charge in [-0.3, -0.25) is 4.57 Å². The molecule has 0 saturated heterocycles. The van der Waals surface area contributed by atoms with Gasteiger partial charge in [0.05, 0.1) is 16.6 Å². The van der Waals surface area contributed by atoms with E-state index in [1.165, 1.54) is 0 Å². The van der Waals surface area contributed by atoms with Crippen LogP contribution < -0.4 is 17.2 Å². The molecule has 0 amide bonds. The fourth-order valence-corrected chi connectivity index (χ4v) is 2.14. The molecule has 0 aliphatic heterocycles. The van der Waals surface area contributed by atoms with Gasteiger partial charge in [0.2, 0.25) is 0 Å². The fraction of sp³-hybridized carbons (Fsp3) is 0.188. The Morgan fingerprint density at radius 3 is 2.25 bits per heavy atom. The number of aromatic nitrogens is 5. The molecule has 24 heavy (non-hydrogen) atoms.